The predicted octanol–water partition coefficient (Wildman–Crippen LogP) is 2.26. The molecule has 0 aromatic heterocycles. The van der Waals surface area contributed by atoms with E-state index in [1.54, 1.807) is 0 Å². The lowest BCUT2D eigenvalue weighted by Gasteiger charge is -1.86. The van der Waals surface area contributed by atoms with Gasteiger partial charge in [0.2, 0.25) is 0 Å². The molecule has 0 heterocycles. The van der Waals surface area contributed by atoms with Gasteiger partial charge in [-0.1, -0.05) is 13.0 Å². The zero-order chi connectivity index (χ0) is 6.57. The molecule has 0 fully saturated rings. The minimum absolute atomic E-state index is 0.0897. The highest BCUT2D eigenvalue weighted by atomic mass is 79.9. The number of allylic oxidation sites excluding steroid dienone is 2. The van der Waals surface area contributed by atoms with E-state index in [1.165, 1.54) is 6.92 Å². The lowest BCUT2D eigenvalue weighted by atomic mass is 10.3. The van der Waals surface area contributed by atoms with Crippen LogP contribution in [0.15, 0.2) is 10.6 Å². The van der Waals surface area contributed by atoms with Crippen molar-refractivity contribution in [3.05, 3.63) is 10.6 Å². The second kappa shape index (κ2) is 3.84. The smallest absolute Gasteiger partial charge is 0.166 e. The lowest BCUT2D eigenvalue weighted by molar-refractivity contribution is -0.112. The van der Waals surface area contributed by atoms with E-state index in [1.807, 2.05) is 13.0 Å². The maximum Gasteiger partial charge on any atom is 0.166 e. The lowest BCUT2D eigenvalue weighted by Crippen LogP contribution is -1.86. The van der Waals surface area contributed by atoms with Crippen LogP contribution in [0.3, 0.4) is 0 Å². The van der Waals surface area contributed by atoms with Crippen LogP contribution < -0.4 is 0 Å². The van der Waals surface area contributed by atoms with Crippen molar-refractivity contribution in [2.45, 2.75) is 20.3 Å². The van der Waals surface area contributed by atoms with E-state index < -0.39 is 0 Å². The highest BCUT2D eigenvalue weighted by Crippen LogP contribution is 2.05. The Balaban J connectivity index is 3.80. The van der Waals surface area contributed by atoms with Gasteiger partial charge in [-0.05, 0) is 29.3 Å². The fourth-order valence-electron chi connectivity index (χ4n) is 0.323. The molecule has 0 amide bonds. The topological polar surface area (TPSA) is 17.1 Å². The van der Waals surface area contributed by atoms with E-state index in [0.717, 1.165) is 6.42 Å². The number of rotatable bonds is 2. The molecule has 0 saturated carbocycles. The SMILES string of the molecule is CC/C=C(\Br)C(C)=O. The normalized spacial score (nSPS) is 11.6. The number of halogens is 1. The average Bonchev–Trinajstić information content (AvgIpc) is 1.67. The van der Waals surface area contributed by atoms with Crippen molar-refractivity contribution in [3.8, 4) is 0 Å². The summed E-state index contributed by atoms with van der Waals surface area (Å²) in [5.41, 5.74) is 0. The first kappa shape index (κ1) is 7.89. The monoisotopic (exact) mass is 176 g/mol. The van der Waals surface area contributed by atoms with Crippen molar-refractivity contribution in [2.75, 3.05) is 0 Å². The third-order valence-electron chi connectivity index (χ3n) is 0.720. The molecule has 46 valence electrons. The van der Waals surface area contributed by atoms with E-state index in [9.17, 15) is 4.79 Å². The molecule has 0 aromatic carbocycles. The first-order valence-electron chi connectivity index (χ1n) is 2.55. The van der Waals surface area contributed by atoms with Gasteiger partial charge in [0.05, 0.1) is 4.48 Å². The molecule has 0 saturated heterocycles. The van der Waals surface area contributed by atoms with Crippen LogP contribution in [-0.4, -0.2) is 5.78 Å². The third kappa shape index (κ3) is 2.97. The molecule has 0 atom stereocenters. The molecule has 0 aliphatic carbocycles. The summed E-state index contributed by atoms with van der Waals surface area (Å²) in [6.45, 7) is 3.53. The zero-order valence-corrected chi connectivity index (χ0v) is 6.66. The van der Waals surface area contributed by atoms with Crippen LogP contribution in [0.5, 0.6) is 0 Å². The summed E-state index contributed by atoms with van der Waals surface area (Å²) in [5, 5.41) is 0. The molecule has 0 aromatic rings. The van der Waals surface area contributed by atoms with Gasteiger partial charge in [-0.3, -0.25) is 4.79 Å². The molecule has 1 nitrogen and oxygen atoms in total. The minimum Gasteiger partial charge on any atom is -0.294 e. The van der Waals surface area contributed by atoms with Gasteiger partial charge in [0.15, 0.2) is 5.78 Å². The van der Waals surface area contributed by atoms with E-state index >= 15 is 0 Å². The summed E-state index contributed by atoms with van der Waals surface area (Å²) in [6, 6.07) is 0. The quantitative estimate of drug-likeness (QED) is 0.591. The van der Waals surface area contributed by atoms with Gasteiger partial charge >= 0.3 is 0 Å². The summed E-state index contributed by atoms with van der Waals surface area (Å²) >= 11 is 3.11. The van der Waals surface area contributed by atoms with Gasteiger partial charge in [0, 0.05) is 0 Å². The zero-order valence-electron chi connectivity index (χ0n) is 5.07. The van der Waals surface area contributed by atoms with E-state index in [4.69, 9.17) is 0 Å². The summed E-state index contributed by atoms with van der Waals surface area (Å²) in [6.07, 6.45) is 2.75. The van der Waals surface area contributed by atoms with Gasteiger partial charge in [0.25, 0.3) is 0 Å². The summed E-state index contributed by atoms with van der Waals surface area (Å²) in [4.78, 5) is 10.4. The standard InChI is InChI=1S/C6H9BrO/c1-3-4-6(7)5(2)8/h4H,3H2,1-2H3/b6-4-. The van der Waals surface area contributed by atoms with Crippen molar-refractivity contribution in [1.82, 2.24) is 0 Å². The number of carbonyl (C=O) groups is 1. The summed E-state index contributed by atoms with van der Waals surface area (Å²) in [7, 11) is 0. The van der Waals surface area contributed by atoms with Crippen molar-refractivity contribution in [2.24, 2.45) is 0 Å². The third-order valence-corrected chi connectivity index (χ3v) is 1.60. The maximum atomic E-state index is 10.4. The van der Waals surface area contributed by atoms with Gasteiger partial charge in [-0.15, -0.1) is 0 Å². The molecule has 2 heteroatoms. The van der Waals surface area contributed by atoms with Crippen molar-refractivity contribution in [1.29, 1.82) is 0 Å². The molecule has 0 N–H and O–H groups in total. The van der Waals surface area contributed by atoms with E-state index in [0.29, 0.717) is 4.48 Å². The highest BCUT2D eigenvalue weighted by molar-refractivity contribution is 9.12. The Labute approximate surface area is 57.9 Å². The largest absolute Gasteiger partial charge is 0.294 e. The number of carbonyl (C=O) groups excluding carboxylic acids is 1. The van der Waals surface area contributed by atoms with Crippen molar-refractivity contribution in [3.63, 3.8) is 0 Å². The van der Waals surface area contributed by atoms with Gasteiger partial charge in [-0.25, -0.2) is 0 Å². The second-order valence-corrected chi connectivity index (χ2v) is 2.37. The number of hydrogen-bond acceptors (Lipinski definition) is 1. The predicted molar refractivity (Wildman–Crippen MR) is 38.0 cm³/mol. The Bertz CT molecular complexity index is 116. The van der Waals surface area contributed by atoms with Crippen molar-refractivity contribution >= 4 is 21.7 Å². The molecule has 8 heavy (non-hydrogen) atoms. The minimum atomic E-state index is 0.0897. The van der Waals surface area contributed by atoms with Crippen LogP contribution in [0.1, 0.15) is 20.3 Å². The summed E-state index contributed by atoms with van der Waals surface area (Å²) < 4.78 is 0.681. The van der Waals surface area contributed by atoms with Crippen molar-refractivity contribution < 1.29 is 4.79 Å². The van der Waals surface area contributed by atoms with Gasteiger partial charge in [-0.2, -0.15) is 0 Å². The fraction of sp³-hybridized carbons (Fsp3) is 0.500. The molecule has 0 rings (SSSR count). The van der Waals surface area contributed by atoms with Gasteiger partial charge < -0.3 is 0 Å². The van der Waals surface area contributed by atoms with E-state index in [2.05, 4.69) is 15.9 Å². The van der Waals surface area contributed by atoms with Crippen LogP contribution >= 0.6 is 15.9 Å². The number of Topliss-reactive ketones (excluding diaryl/α,β-unsaturated/α-hetero) is 1. The van der Waals surface area contributed by atoms with Crippen LogP contribution in [0, 0.1) is 0 Å². The fourth-order valence-corrected chi connectivity index (χ4v) is 0.647. The molecular formula is C6H9BrO. The summed E-state index contributed by atoms with van der Waals surface area (Å²) in [5.74, 6) is 0.0897. The maximum absolute atomic E-state index is 10.4. The molecule has 0 bridgehead atoms. The van der Waals surface area contributed by atoms with Crippen LogP contribution in [0.2, 0.25) is 0 Å². The average molecular weight is 177 g/mol. The van der Waals surface area contributed by atoms with Crippen LogP contribution in [0.4, 0.5) is 0 Å². The molecular weight excluding hydrogens is 168 g/mol. The molecule has 0 aliphatic heterocycles. The number of ketones is 1. The Morgan fingerprint density at radius 2 is 2.25 bits per heavy atom. The Morgan fingerprint density at radius 1 is 1.75 bits per heavy atom. The first-order valence-corrected chi connectivity index (χ1v) is 3.34. The Hall–Kier alpha value is -0.110. The Morgan fingerprint density at radius 3 is 2.38 bits per heavy atom. The van der Waals surface area contributed by atoms with Crippen LogP contribution in [0.25, 0.3) is 0 Å². The molecule has 0 spiro atoms. The highest BCUT2D eigenvalue weighted by Gasteiger charge is 1.93. The molecule has 0 unspecified atom stereocenters. The first-order chi connectivity index (χ1) is 3.68. The molecule has 0 radical (unpaired) electrons. The van der Waals surface area contributed by atoms with E-state index in [-0.39, 0.29) is 5.78 Å². The Kier molecular flexibility index (Phi) is 3.79. The van der Waals surface area contributed by atoms with Gasteiger partial charge in [0.1, 0.15) is 0 Å². The second-order valence-electron chi connectivity index (χ2n) is 1.52. The molecule has 0 aliphatic rings. The number of hydrogen-bond donors (Lipinski definition) is 0. The van der Waals surface area contributed by atoms with Crippen LogP contribution in [-0.2, 0) is 4.79 Å².